The summed E-state index contributed by atoms with van der Waals surface area (Å²) >= 11 is 0. The monoisotopic (exact) mass is 243 g/mol. The molecule has 0 radical (unpaired) electrons. The summed E-state index contributed by atoms with van der Waals surface area (Å²) in [6, 6.07) is -0.168. The van der Waals surface area contributed by atoms with E-state index < -0.39 is 11.9 Å². The molecule has 0 bridgehead atoms. The van der Waals surface area contributed by atoms with E-state index in [0.29, 0.717) is 13.1 Å². The van der Waals surface area contributed by atoms with E-state index in [1.54, 1.807) is 4.90 Å². The number of hydrogen-bond acceptors (Lipinski definition) is 3. The average Bonchev–Trinajstić information content (AvgIpc) is 2.29. The Morgan fingerprint density at radius 3 is 2.41 bits per heavy atom. The number of rotatable bonds is 4. The second-order valence-electron chi connectivity index (χ2n) is 4.61. The maximum atomic E-state index is 11.7. The third kappa shape index (κ3) is 4.22. The highest BCUT2D eigenvalue weighted by Crippen LogP contribution is 2.09. The first-order valence-corrected chi connectivity index (χ1v) is 5.98. The second kappa shape index (κ2) is 6.44. The molecule has 2 amide bonds. The van der Waals surface area contributed by atoms with Gasteiger partial charge in [-0.1, -0.05) is 13.8 Å². The van der Waals surface area contributed by atoms with Crippen LogP contribution in [-0.2, 0) is 4.79 Å². The van der Waals surface area contributed by atoms with Gasteiger partial charge in [0.25, 0.3) is 0 Å². The maximum Gasteiger partial charge on any atom is 0.317 e. The molecule has 1 aliphatic rings. The first-order chi connectivity index (χ1) is 8.02. The summed E-state index contributed by atoms with van der Waals surface area (Å²) in [5.74, 6) is -1.38. The van der Waals surface area contributed by atoms with Crippen LogP contribution >= 0.6 is 0 Å². The summed E-state index contributed by atoms with van der Waals surface area (Å²) in [6.45, 7) is 6.80. The molecular formula is C11H21N3O3. The Balaban J connectivity index is 2.37. The smallest absolute Gasteiger partial charge is 0.317 e. The standard InChI is InChI=1S/C11H21N3O3/c1-8(2)9(10(15)16)7-13-11(17)14-5-3-12-4-6-14/h8-9,12H,3-7H2,1-2H3,(H,13,17)(H,15,16). The summed E-state index contributed by atoms with van der Waals surface area (Å²) < 4.78 is 0. The van der Waals surface area contributed by atoms with Crippen LogP contribution in [0.2, 0.25) is 0 Å². The number of amides is 2. The van der Waals surface area contributed by atoms with Crippen molar-refractivity contribution in [1.29, 1.82) is 0 Å². The molecule has 3 N–H and O–H groups in total. The molecule has 17 heavy (non-hydrogen) atoms. The van der Waals surface area contributed by atoms with Gasteiger partial charge < -0.3 is 20.6 Å². The van der Waals surface area contributed by atoms with E-state index in [2.05, 4.69) is 10.6 Å². The molecule has 1 unspecified atom stereocenters. The number of carboxylic acid groups (broad SMARTS) is 1. The highest BCUT2D eigenvalue weighted by molar-refractivity contribution is 5.76. The summed E-state index contributed by atoms with van der Waals surface area (Å²) in [5.41, 5.74) is 0. The van der Waals surface area contributed by atoms with E-state index in [4.69, 9.17) is 5.11 Å². The maximum absolute atomic E-state index is 11.7. The van der Waals surface area contributed by atoms with Gasteiger partial charge in [0.05, 0.1) is 5.92 Å². The molecule has 1 rings (SSSR count). The summed E-state index contributed by atoms with van der Waals surface area (Å²) in [6.07, 6.45) is 0. The van der Waals surface area contributed by atoms with Crippen LogP contribution in [0.1, 0.15) is 13.8 Å². The Bertz CT molecular complexity index is 275. The number of urea groups is 1. The van der Waals surface area contributed by atoms with Gasteiger partial charge in [0.1, 0.15) is 0 Å². The van der Waals surface area contributed by atoms with Gasteiger partial charge in [-0.3, -0.25) is 4.79 Å². The number of carboxylic acids is 1. The van der Waals surface area contributed by atoms with Crippen LogP contribution in [0.15, 0.2) is 0 Å². The van der Waals surface area contributed by atoms with Crippen molar-refractivity contribution in [2.24, 2.45) is 11.8 Å². The van der Waals surface area contributed by atoms with Crippen LogP contribution in [-0.4, -0.2) is 54.7 Å². The predicted octanol–water partition coefficient (Wildman–Crippen LogP) is -0.0420. The number of nitrogens with one attached hydrogen (secondary N) is 2. The molecule has 0 spiro atoms. The fraction of sp³-hybridized carbons (Fsp3) is 0.818. The van der Waals surface area contributed by atoms with Crippen molar-refractivity contribution in [2.75, 3.05) is 32.7 Å². The fourth-order valence-corrected chi connectivity index (χ4v) is 1.79. The number of piperazine rings is 1. The number of hydrogen-bond donors (Lipinski definition) is 3. The van der Waals surface area contributed by atoms with Crippen molar-refractivity contribution in [1.82, 2.24) is 15.5 Å². The molecule has 1 aliphatic heterocycles. The number of aliphatic carboxylic acids is 1. The van der Waals surface area contributed by atoms with E-state index in [0.717, 1.165) is 13.1 Å². The van der Waals surface area contributed by atoms with Gasteiger partial charge in [-0.2, -0.15) is 0 Å². The lowest BCUT2D eigenvalue weighted by Gasteiger charge is -2.28. The third-order valence-electron chi connectivity index (χ3n) is 3.00. The lowest BCUT2D eigenvalue weighted by atomic mass is 9.96. The Hall–Kier alpha value is -1.30. The van der Waals surface area contributed by atoms with Crippen LogP contribution in [0.3, 0.4) is 0 Å². The second-order valence-corrected chi connectivity index (χ2v) is 4.61. The molecule has 0 saturated carbocycles. The molecule has 1 saturated heterocycles. The van der Waals surface area contributed by atoms with Crippen molar-refractivity contribution in [3.05, 3.63) is 0 Å². The van der Waals surface area contributed by atoms with Crippen molar-refractivity contribution in [3.8, 4) is 0 Å². The molecular weight excluding hydrogens is 222 g/mol. The van der Waals surface area contributed by atoms with E-state index >= 15 is 0 Å². The fourth-order valence-electron chi connectivity index (χ4n) is 1.79. The van der Waals surface area contributed by atoms with E-state index in [1.807, 2.05) is 13.8 Å². The molecule has 0 aromatic heterocycles. The highest BCUT2D eigenvalue weighted by Gasteiger charge is 2.23. The molecule has 0 aromatic carbocycles. The molecule has 0 aromatic rings. The van der Waals surface area contributed by atoms with Crippen molar-refractivity contribution in [2.45, 2.75) is 13.8 Å². The largest absolute Gasteiger partial charge is 0.481 e. The summed E-state index contributed by atoms with van der Waals surface area (Å²) in [5, 5.41) is 14.8. The minimum Gasteiger partial charge on any atom is -0.481 e. The Morgan fingerprint density at radius 2 is 1.94 bits per heavy atom. The SMILES string of the molecule is CC(C)C(CNC(=O)N1CCNCC1)C(=O)O. The zero-order valence-electron chi connectivity index (χ0n) is 10.4. The average molecular weight is 243 g/mol. The number of carbonyl (C=O) groups excluding carboxylic acids is 1. The normalized spacial score (nSPS) is 17.9. The third-order valence-corrected chi connectivity index (χ3v) is 3.00. The number of nitrogens with zero attached hydrogens (tertiary/aromatic N) is 1. The molecule has 1 atom stereocenters. The Labute approximate surface area is 101 Å². The van der Waals surface area contributed by atoms with Crippen LogP contribution in [0.5, 0.6) is 0 Å². The van der Waals surface area contributed by atoms with Gasteiger partial charge in [-0.25, -0.2) is 4.79 Å². The molecule has 1 heterocycles. The lowest BCUT2D eigenvalue weighted by molar-refractivity contribution is -0.142. The quantitative estimate of drug-likeness (QED) is 0.647. The topological polar surface area (TPSA) is 81.7 Å². The van der Waals surface area contributed by atoms with Crippen molar-refractivity contribution in [3.63, 3.8) is 0 Å². The van der Waals surface area contributed by atoms with E-state index in [-0.39, 0.29) is 18.5 Å². The molecule has 98 valence electrons. The van der Waals surface area contributed by atoms with Crippen LogP contribution in [0, 0.1) is 11.8 Å². The number of carbonyl (C=O) groups is 2. The first-order valence-electron chi connectivity index (χ1n) is 5.98. The van der Waals surface area contributed by atoms with Gasteiger partial charge in [0.2, 0.25) is 0 Å². The molecule has 6 heteroatoms. The predicted molar refractivity (Wildman–Crippen MR) is 63.8 cm³/mol. The van der Waals surface area contributed by atoms with Crippen LogP contribution in [0.4, 0.5) is 4.79 Å². The van der Waals surface area contributed by atoms with E-state index in [9.17, 15) is 9.59 Å². The van der Waals surface area contributed by atoms with Gasteiger partial charge >= 0.3 is 12.0 Å². The minimum atomic E-state index is -0.861. The van der Waals surface area contributed by atoms with Crippen molar-refractivity contribution >= 4 is 12.0 Å². The zero-order valence-corrected chi connectivity index (χ0v) is 10.4. The molecule has 1 fully saturated rings. The molecule has 6 nitrogen and oxygen atoms in total. The Kier molecular flexibility index (Phi) is 5.21. The zero-order chi connectivity index (χ0) is 12.8. The first kappa shape index (κ1) is 13.8. The van der Waals surface area contributed by atoms with Gasteiger partial charge in [-0.05, 0) is 5.92 Å². The van der Waals surface area contributed by atoms with Gasteiger partial charge in [0, 0.05) is 32.7 Å². The van der Waals surface area contributed by atoms with Gasteiger partial charge in [-0.15, -0.1) is 0 Å². The lowest BCUT2D eigenvalue weighted by Crippen LogP contribution is -2.51. The van der Waals surface area contributed by atoms with Crippen LogP contribution in [0.25, 0.3) is 0 Å². The summed E-state index contributed by atoms with van der Waals surface area (Å²) in [4.78, 5) is 24.4. The van der Waals surface area contributed by atoms with E-state index in [1.165, 1.54) is 0 Å². The summed E-state index contributed by atoms with van der Waals surface area (Å²) in [7, 11) is 0. The van der Waals surface area contributed by atoms with Crippen molar-refractivity contribution < 1.29 is 14.7 Å². The molecule has 0 aliphatic carbocycles. The Morgan fingerprint density at radius 1 is 1.35 bits per heavy atom. The minimum absolute atomic E-state index is 0.0100. The van der Waals surface area contributed by atoms with Gasteiger partial charge in [0.15, 0.2) is 0 Å². The highest BCUT2D eigenvalue weighted by atomic mass is 16.4. The van der Waals surface area contributed by atoms with Crippen LogP contribution < -0.4 is 10.6 Å².